The van der Waals surface area contributed by atoms with Gasteiger partial charge in [0.25, 0.3) is 5.91 Å². The van der Waals surface area contributed by atoms with Crippen LogP contribution < -0.4 is 11.1 Å². The fraction of sp³-hybridized carbons (Fsp3) is 0.417. The minimum absolute atomic E-state index is 0.157. The lowest BCUT2D eigenvalue weighted by Crippen LogP contribution is -2.26. The number of hydrogen-bond donors (Lipinski definition) is 2. The number of nitrogens with two attached hydrogens (primary N) is 1. The topological polar surface area (TPSA) is 85.3 Å². The molecule has 0 saturated carbocycles. The Morgan fingerprint density at radius 2 is 2.28 bits per heavy atom. The maximum atomic E-state index is 12.0. The molecule has 6 nitrogen and oxygen atoms in total. The molecule has 0 aliphatic heterocycles. The van der Waals surface area contributed by atoms with Crippen molar-refractivity contribution >= 4 is 11.6 Å². The first-order valence-electron chi connectivity index (χ1n) is 5.93. The van der Waals surface area contributed by atoms with E-state index in [1.54, 1.807) is 10.7 Å². The van der Waals surface area contributed by atoms with Gasteiger partial charge in [-0.1, -0.05) is 0 Å². The SMILES string of the molecule is Cc1cc(C)n2ncc(C(=O)NCCCN)c2n1. The molecule has 18 heavy (non-hydrogen) atoms. The normalized spacial score (nSPS) is 10.8. The van der Waals surface area contributed by atoms with E-state index in [-0.39, 0.29) is 5.91 Å². The summed E-state index contributed by atoms with van der Waals surface area (Å²) in [7, 11) is 0. The van der Waals surface area contributed by atoms with Gasteiger partial charge in [0, 0.05) is 17.9 Å². The molecule has 0 unspecified atom stereocenters. The Bertz CT molecular complexity index is 575. The lowest BCUT2D eigenvalue weighted by Gasteiger charge is -2.04. The molecule has 6 heteroatoms. The first kappa shape index (κ1) is 12.5. The molecule has 0 aromatic carbocycles. The molecule has 2 aromatic heterocycles. The summed E-state index contributed by atoms with van der Waals surface area (Å²) in [6.45, 7) is 4.96. The van der Waals surface area contributed by atoms with Crippen molar-refractivity contribution in [3.8, 4) is 0 Å². The molecule has 0 atom stereocenters. The molecule has 2 aromatic rings. The van der Waals surface area contributed by atoms with Crippen molar-refractivity contribution in [2.24, 2.45) is 5.73 Å². The van der Waals surface area contributed by atoms with Crippen molar-refractivity contribution < 1.29 is 4.79 Å². The van der Waals surface area contributed by atoms with E-state index in [0.29, 0.717) is 24.3 Å². The van der Waals surface area contributed by atoms with Crippen molar-refractivity contribution in [2.75, 3.05) is 13.1 Å². The number of rotatable bonds is 4. The number of hydrogen-bond acceptors (Lipinski definition) is 4. The van der Waals surface area contributed by atoms with Gasteiger partial charge in [-0.3, -0.25) is 4.79 Å². The summed E-state index contributed by atoms with van der Waals surface area (Å²) in [5.41, 5.74) is 8.31. The number of carbonyl (C=O) groups is 1. The lowest BCUT2D eigenvalue weighted by atomic mass is 10.3. The lowest BCUT2D eigenvalue weighted by molar-refractivity contribution is 0.0955. The highest BCUT2D eigenvalue weighted by atomic mass is 16.1. The predicted molar refractivity (Wildman–Crippen MR) is 68.5 cm³/mol. The van der Waals surface area contributed by atoms with Crippen LogP contribution in [0.3, 0.4) is 0 Å². The second-order valence-electron chi connectivity index (χ2n) is 4.23. The number of amides is 1. The number of fused-ring (bicyclic) bond motifs is 1. The molecule has 0 bridgehead atoms. The van der Waals surface area contributed by atoms with Crippen molar-refractivity contribution in [3.63, 3.8) is 0 Å². The monoisotopic (exact) mass is 247 g/mol. The molecular weight excluding hydrogens is 230 g/mol. The zero-order chi connectivity index (χ0) is 13.1. The van der Waals surface area contributed by atoms with Crippen molar-refractivity contribution in [1.29, 1.82) is 0 Å². The van der Waals surface area contributed by atoms with Crippen LogP contribution in [0.1, 0.15) is 28.2 Å². The van der Waals surface area contributed by atoms with Gasteiger partial charge in [0.15, 0.2) is 5.65 Å². The molecule has 0 spiro atoms. The van der Waals surface area contributed by atoms with Crippen LogP contribution in [-0.2, 0) is 0 Å². The average Bonchev–Trinajstić information content (AvgIpc) is 2.73. The first-order valence-corrected chi connectivity index (χ1v) is 5.93. The fourth-order valence-electron chi connectivity index (χ4n) is 1.83. The van der Waals surface area contributed by atoms with Gasteiger partial charge >= 0.3 is 0 Å². The van der Waals surface area contributed by atoms with Crippen molar-refractivity contribution in [1.82, 2.24) is 19.9 Å². The van der Waals surface area contributed by atoms with Crippen LogP contribution in [0.2, 0.25) is 0 Å². The van der Waals surface area contributed by atoms with Crippen LogP contribution in [0.5, 0.6) is 0 Å². The van der Waals surface area contributed by atoms with Crippen LogP contribution in [0.15, 0.2) is 12.3 Å². The highest BCUT2D eigenvalue weighted by molar-refractivity contribution is 5.99. The van der Waals surface area contributed by atoms with Gasteiger partial charge in [0.2, 0.25) is 0 Å². The molecule has 0 fully saturated rings. The average molecular weight is 247 g/mol. The highest BCUT2D eigenvalue weighted by Crippen LogP contribution is 2.11. The summed E-state index contributed by atoms with van der Waals surface area (Å²) >= 11 is 0. The number of carbonyl (C=O) groups excluding carboxylic acids is 1. The Morgan fingerprint density at radius 3 is 3.00 bits per heavy atom. The van der Waals surface area contributed by atoms with Crippen molar-refractivity contribution in [2.45, 2.75) is 20.3 Å². The van der Waals surface area contributed by atoms with Gasteiger partial charge in [-0.15, -0.1) is 0 Å². The first-order chi connectivity index (χ1) is 8.63. The summed E-state index contributed by atoms with van der Waals surface area (Å²) < 4.78 is 1.67. The van der Waals surface area contributed by atoms with Gasteiger partial charge in [0.05, 0.1) is 6.20 Å². The van der Waals surface area contributed by atoms with E-state index in [1.165, 1.54) is 0 Å². The predicted octanol–water partition coefficient (Wildman–Crippen LogP) is 0.425. The molecule has 1 amide bonds. The summed E-state index contributed by atoms with van der Waals surface area (Å²) in [4.78, 5) is 16.3. The molecule has 0 aliphatic carbocycles. The standard InChI is InChI=1S/C12H17N5O/c1-8-6-9(2)17-11(16-8)10(7-15-17)12(18)14-5-3-4-13/h6-7H,3-5,13H2,1-2H3,(H,14,18). The Hall–Kier alpha value is -1.95. The van der Waals surface area contributed by atoms with E-state index >= 15 is 0 Å². The third kappa shape index (κ3) is 2.33. The van der Waals surface area contributed by atoms with E-state index in [4.69, 9.17) is 5.73 Å². The van der Waals surface area contributed by atoms with Crippen molar-refractivity contribution in [3.05, 3.63) is 29.2 Å². The van der Waals surface area contributed by atoms with Gasteiger partial charge in [-0.25, -0.2) is 9.50 Å². The van der Waals surface area contributed by atoms with E-state index in [2.05, 4.69) is 15.4 Å². The molecule has 0 aliphatic rings. The second-order valence-corrected chi connectivity index (χ2v) is 4.23. The molecular formula is C12H17N5O. The van der Waals surface area contributed by atoms with Crippen LogP contribution in [0.25, 0.3) is 5.65 Å². The minimum Gasteiger partial charge on any atom is -0.352 e. The van der Waals surface area contributed by atoms with Crippen LogP contribution in [0, 0.1) is 13.8 Å². The zero-order valence-corrected chi connectivity index (χ0v) is 10.6. The van der Waals surface area contributed by atoms with Gasteiger partial charge < -0.3 is 11.1 Å². The molecule has 0 saturated heterocycles. The maximum absolute atomic E-state index is 12.0. The van der Waals surface area contributed by atoms with Gasteiger partial charge in [-0.05, 0) is 32.9 Å². The Morgan fingerprint density at radius 1 is 1.50 bits per heavy atom. The smallest absolute Gasteiger partial charge is 0.256 e. The number of nitrogens with zero attached hydrogens (tertiary/aromatic N) is 3. The third-order valence-corrected chi connectivity index (χ3v) is 2.69. The maximum Gasteiger partial charge on any atom is 0.256 e. The van der Waals surface area contributed by atoms with Crippen LogP contribution in [0.4, 0.5) is 0 Å². The van der Waals surface area contributed by atoms with Gasteiger partial charge in [0.1, 0.15) is 5.56 Å². The Balaban J connectivity index is 2.31. The second kappa shape index (κ2) is 5.14. The number of aromatic nitrogens is 3. The Labute approximate surface area is 105 Å². The van der Waals surface area contributed by atoms with E-state index in [9.17, 15) is 4.79 Å². The summed E-state index contributed by atoms with van der Waals surface area (Å²) in [5.74, 6) is -0.157. The molecule has 0 radical (unpaired) electrons. The third-order valence-electron chi connectivity index (χ3n) is 2.69. The summed E-state index contributed by atoms with van der Waals surface area (Å²) in [6, 6.07) is 1.93. The number of nitrogens with one attached hydrogen (secondary N) is 1. The number of aryl methyl sites for hydroxylation is 2. The largest absolute Gasteiger partial charge is 0.352 e. The van der Waals surface area contributed by atoms with E-state index < -0.39 is 0 Å². The van der Waals surface area contributed by atoms with E-state index in [1.807, 2.05) is 19.9 Å². The molecule has 2 rings (SSSR count). The zero-order valence-electron chi connectivity index (χ0n) is 10.6. The summed E-state index contributed by atoms with van der Waals surface area (Å²) in [5, 5.41) is 6.98. The molecule has 2 heterocycles. The highest BCUT2D eigenvalue weighted by Gasteiger charge is 2.14. The molecule has 3 N–H and O–H groups in total. The minimum atomic E-state index is -0.157. The van der Waals surface area contributed by atoms with Crippen LogP contribution in [-0.4, -0.2) is 33.6 Å². The molecule has 96 valence electrons. The van der Waals surface area contributed by atoms with Crippen LogP contribution >= 0.6 is 0 Å². The summed E-state index contributed by atoms with van der Waals surface area (Å²) in [6.07, 6.45) is 2.31. The van der Waals surface area contributed by atoms with Gasteiger partial charge in [-0.2, -0.15) is 5.10 Å². The van der Waals surface area contributed by atoms with E-state index in [0.717, 1.165) is 17.8 Å². The Kier molecular flexibility index (Phi) is 3.57. The quantitative estimate of drug-likeness (QED) is 0.767. The fourth-order valence-corrected chi connectivity index (χ4v) is 1.83.